The van der Waals surface area contributed by atoms with Gasteiger partial charge in [-0.25, -0.2) is 18.2 Å². The molecule has 1 unspecified atom stereocenters. The Balaban J connectivity index is 1.60. The van der Waals surface area contributed by atoms with Crippen LogP contribution in [-0.2, 0) is 49.2 Å². The number of rotatable bonds is 13. The van der Waals surface area contributed by atoms with Crippen LogP contribution < -0.4 is 15.4 Å². The number of methoxy groups -OCH3 is 1. The Kier molecular flexibility index (Phi) is 11.2. The van der Waals surface area contributed by atoms with E-state index in [0.717, 1.165) is 28.0 Å². The van der Waals surface area contributed by atoms with Crippen LogP contribution in [0.1, 0.15) is 33.4 Å². The standard InChI is InChI=1S/C30H32N4O7S3/c1-20-8-14-24(15-9-20)44(39,40)19-28-31-27(18-42-28)25(16-22-10-12-23(13-11-22)34-43(37)38)32-29(35)26(33-30(36)41-2)17-21-6-4-3-5-7-21/h3-15,18,25-26,34H,16-17,19H2,1-2H3,(H,32,35)(H,33,36)(H,37,38)/p-1/t25-,26-/m0/s1. The largest absolute Gasteiger partial charge is 0.755 e. The average molecular weight is 656 g/mol. The van der Waals surface area contributed by atoms with E-state index in [1.54, 1.807) is 53.9 Å². The number of alkyl carbamates (subject to hydrolysis) is 1. The van der Waals surface area contributed by atoms with Crippen molar-refractivity contribution >= 4 is 50.1 Å². The summed E-state index contributed by atoms with van der Waals surface area (Å²) < 4.78 is 55.1. The molecule has 0 spiro atoms. The van der Waals surface area contributed by atoms with Crippen molar-refractivity contribution in [1.29, 1.82) is 0 Å². The van der Waals surface area contributed by atoms with E-state index < -0.39 is 45.2 Å². The van der Waals surface area contributed by atoms with Crippen LogP contribution in [0.25, 0.3) is 0 Å². The summed E-state index contributed by atoms with van der Waals surface area (Å²) in [4.78, 5) is 30.5. The molecule has 0 saturated heterocycles. The number of hydrogen-bond donors (Lipinski definition) is 3. The van der Waals surface area contributed by atoms with Crippen LogP contribution in [0.15, 0.2) is 89.1 Å². The first kappa shape index (κ1) is 32.8. The van der Waals surface area contributed by atoms with Gasteiger partial charge in [-0.1, -0.05) is 60.2 Å². The van der Waals surface area contributed by atoms with Crippen LogP contribution >= 0.6 is 11.3 Å². The summed E-state index contributed by atoms with van der Waals surface area (Å²) in [7, 11) is -2.46. The molecule has 0 bridgehead atoms. The van der Waals surface area contributed by atoms with Crippen LogP contribution in [0.3, 0.4) is 0 Å². The van der Waals surface area contributed by atoms with Gasteiger partial charge >= 0.3 is 6.09 Å². The van der Waals surface area contributed by atoms with Gasteiger partial charge in [0.25, 0.3) is 0 Å². The lowest BCUT2D eigenvalue weighted by Gasteiger charge is -2.23. The minimum Gasteiger partial charge on any atom is -0.755 e. The molecule has 3 atom stereocenters. The molecule has 0 radical (unpaired) electrons. The highest BCUT2D eigenvalue weighted by Crippen LogP contribution is 2.25. The molecule has 1 aromatic heterocycles. The number of aryl methyl sites for hydroxylation is 1. The molecule has 0 aliphatic rings. The van der Waals surface area contributed by atoms with E-state index in [0.29, 0.717) is 16.4 Å². The van der Waals surface area contributed by atoms with E-state index in [2.05, 4.69) is 20.3 Å². The van der Waals surface area contributed by atoms with Crippen molar-refractivity contribution in [3.8, 4) is 0 Å². The number of carbonyl (C=O) groups is 2. The highest BCUT2D eigenvalue weighted by atomic mass is 32.2. The van der Waals surface area contributed by atoms with Crippen molar-refractivity contribution in [2.75, 3.05) is 11.8 Å². The van der Waals surface area contributed by atoms with Crippen molar-refractivity contribution in [3.63, 3.8) is 0 Å². The van der Waals surface area contributed by atoms with Gasteiger partial charge in [-0.2, -0.15) is 0 Å². The molecule has 11 nitrogen and oxygen atoms in total. The molecule has 4 rings (SSSR count). The van der Waals surface area contributed by atoms with E-state index in [9.17, 15) is 26.8 Å². The van der Waals surface area contributed by atoms with Crippen LogP contribution in [-0.4, -0.2) is 47.3 Å². The molecule has 3 aromatic carbocycles. The van der Waals surface area contributed by atoms with E-state index in [-0.39, 0.29) is 23.5 Å². The van der Waals surface area contributed by atoms with Crippen molar-refractivity contribution in [2.45, 2.75) is 42.5 Å². The maximum absolute atomic E-state index is 13.6. The monoisotopic (exact) mass is 655 g/mol. The highest BCUT2D eigenvalue weighted by molar-refractivity contribution is 7.90. The average Bonchev–Trinajstić information content (AvgIpc) is 3.45. The Hall–Kier alpha value is -4.11. The molecule has 0 saturated carbocycles. The molecular formula is C30H31N4O7S3-. The molecule has 44 heavy (non-hydrogen) atoms. The van der Waals surface area contributed by atoms with Gasteiger partial charge in [0.15, 0.2) is 9.84 Å². The predicted molar refractivity (Wildman–Crippen MR) is 167 cm³/mol. The second-order valence-electron chi connectivity index (χ2n) is 9.92. The number of carbonyl (C=O) groups excluding carboxylic acids is 2. The van der Waals surface area contributed by atoms with Gasteiger partial charge in [0.1, 0.15) is 16.8 Å². The zero-order valence-corrected chi connectivity index (χ0v) is 26.3. The molecule has 0 aliphatic carbocycles. The molecule has 1 heterocycles. The number of hydrogen-bond acceptors (Lipinski definition) is 9. The Morgan fingerprint density at radius 3 is 2.25 bits per heavy atom. The minimum absolute atomic E-state index is 0.190. The number of ether oxygens (including phenoxy) is 1. The van der Waals surface area contributed by atoms with Gasteiger partial charge in [-0.15, -0.1) is 11.3 Å². The van der Waals surface area contributed by atoms with Gasteiger partial charge in [-0.05, 0) is 48.7 Å². The number of aromatic nitrogens is 1. The minimum atomic E-state index is -3.66. The summed E-state index contributed by atoms with van der Waals surface area (Å²) in [6.07, 6.45) is -0.330. The third kappa shape index (κ3) is 9.44. The normalized spacial score (nSPS) is 13.3. The van der Waals surface area contributed by atoms with Gasteiger partial charge < -0.3 is 24.6 Å². The number of thiazole rings is 1. The molecule has 0 aliphatic heterocycles. The van der Waals surface area contributed by atoms with Crippen LogP contribution in [0, 0.1) is 6.92 Å². The van der Waals surface area contributed by atoms with Gasteiger partial charge in [0.2, 0.25) is 5.91 Å². The summed E-state index contributed by atoms with van der Waals surface area (Å²) >= 11 is -1.32. The molecule has 14 heteroatoms. The third-order valence-corrected chi connectivity index (χ3v) is 9.70. The third-order valence-electron chi connectivity index (χ3n) is 6.61. The van der Waals surface area contributed by atoms with Crippen LogP contribution in [0.2, 0.25) is 0 Å². The van der Waals surface area contributed by atoms with Crippen molar-refractivity contribution < 1.29 is 31.5 Å². The Labute approximate surface area is 262 Å². The Morgan fingerprint density at radius 1 is 0.955 bits per heavy atom. The number of nitrogens with zero attached hydrogens (tertiary/aromatic N) is 1. The Morgan fingerprint density at radius 2 is 1.61 bits per heavy atom. The van der Waals surface area contributed by atoms with E-state index in [1.165, 1.54) is 7.11 Å². The topological polar surface area (TPSA) is 167 Å². The molecule has 4 aromatic rings. The number of nitrogens with one attached hydrogen (secondary N) is 3. The highest BCUT2D eigenvalue weighted by Gasteiger charge is 2.27. The van der Waals surface area contributed by atoms with E-state index in [1.807, 2.05) is 37.3 Å². The number of anilines is 1. The molecule has 2 amide bonds. The molecule has 232 valence electrons. The van der Waals surface area contributed by atoms with Crippen molar-refractivity contribution in [2.24, 2.45) is 0 Å². The summed E-state index contributed by atoms with van der Waals surface area (Å²) in [6, 6.07) is 20.6. The lowest BCUT2D eigenvalue weighted by atomic mass is 10.0. The van der Waals surface area contributed by atoms with E-state index >= 15 is 0 Å². The van der Waals surface area contributed by atoms with E-state index in [4.69, 9.17) is 4.74 Å². The number of amides is 2. The first-order valence-electron chi connectivity index (χ1n) is 13.4. The summed E-state index contributed by atoms with van der Waals surface area (Å²) in [5.74, 6) is -0.805. The molecule has 0 fully saturated rings. The second kappa shape index (κ2) is 15.1. The van der Waals surface area contributed by atoms with Crippen LogP contribution in [0.4, 0.5) is 10.5 Å². The van der Waals surface area contributed by atoms with Crippen LogP contribution in [0.5, 0.6) is 0 Å². The number of sulfone groups is 1. The molecular weight excluding hydrogens is 625 g/mol. The first-order chi connectivity index (χ1) is 21.0. The second-order valence-corrected chi connectivity index (χ2v) is 13.5. The zero-order chi connectivity index (χ0) is 31.7. The zero-order valence-electron chi connectivity index (χ0n) is 23.9. The fourth-order valence-electron chi connectivity index (χ4n) is 4.35. The summed E-state index contributed by atoms with van der Waals surface area (Å²) in [6.45, 7) is 1.87. The fraction of sp³-hybridized carbons (Fsp3) is 0.233. The maximum atomic E-state index is 13.6. The summed E-state index contributed by atoms with van der Waals surface area (Å²) in [5, 5.41) is 7.59. The van der Waals surface area contributed by atoms with Gasteiger partial charge in [0, 0.05) is 28.8 Å². The maximum Gasteiger partial charge on any atom is 0.407 e. The lowest BCUT2D eigenvalue weighted by molar-refractivity contribution is -0.123. The van der Waals surface area contributed by atoms with Crippen molar-refractivity contribution in [1.82, 2.24) is 15.6 Å². The first-order valence-corrected chi connectivity index (χ1v) is 17.0. The smallest absolute Gasteiger partial charge is 0.407 e. The summed E-state index contributed by atoms with van der Waals surface area (Å²) in [5.41, 5.74) is 3.31. The Bertz CT molecular complexity index is 1690. The SMILES string of the molecule is COC(=O)N[C@@H](Cc1ccccc1)C(=O)N[C@@H](Cc1ccc(NS(=O)[O-])cc1)c1csc(CS(=O)(=O)c2ccc(C)cc2)n1. The van der Waals surface area contributed by atoms with Gasteiger partial charge in [-0.3, -0.25) is 9.00 Å². The number of benzene rings is 3. The van der Waals surface area contributed by atoms with Crippen molar-refractivity contribution in [3.05, 3.63) is 112 Å². The quantitative estimate of drug-likeness (QED) is 0.182. The van der Waals surface area contributed by atoms with Gasteiger partial charge in [0.05, 0.1) is 23.7 Å². The molecule has 3 N–H and O–H groups in total. The lowest BCUT2D eigenvalue weighted by Crippen LogP contribution is -2.49. The predicted octanol–water partition coefficient (Wildman–Crippen LogP) is 4.00. The fourth-order valence-corrected chi connectivity index (χ4v) is 7.15.